The summed E-state index contributed by atoms with van der Waals surface area (Å²) in [7, 11) is 0. The van der Waals surface area contributed by atoms with Crippen molar-refractivity contribution in [3.8, 4) is 0 Å². The number of halogens is 3. The van der Waals surface area contributed by atoms with Crippen LogP contribution in [-0.4, -0.2) is 52.1 Å². The topological polar surface area (TPSA) is 67.4 Å². The lowest BCUT2D eigenvalue weighted by atomic mass is 10.1. The molecule has 0 aromatic carbocycles. The third kappa shape index (κ3) is 3.85. The van der Waals surface area contributed by atoms with E-state index in [9.17, 15) is 18.0 Å². The molecule has 0 bridgehead atoms. The Hall–Kier alpha value is -1.90. The molecular formula is C13H17F3N4O2. The highest BCUT2D eigenvalue weighted by Crippen LogP contribution is 2.32. The maximum atomic E-state index is 12.9. The molecule has 2 heterocycles. The van der Waals surface area contributed by atoms with Crippen LogP contribution < -0.4 is 5.32 Å². The van der Waals surface area contributed by atoms with Crippen LogP contribution in [0.15, 0.2) is 12.3 Å². The number of nitrogens with one attached hydrogen (secondary N) is 1. The molecule has 1 aliphatic rings. The number of nitrogens with zero attached hydrogens (tertiary/aromatic N) is 3. The Kier molecular flexibility index (Phi) is 4.28. The average molecular weight is 318 g/mol. The van der Waals surface area contributed by atoms with E-state index in [4.69, 9.17) is 4.74 Å². The van der Waals surface area contributed by atoms with E-state index in [1.54, 1.807) is 6.92 Å². The summed E-state index contributed by atoms with van der Waals surface area (Å²) >= 11 is 0. The Labute approximate surface area is 125 Å². The van der Waals surface area contributed by atoms with Gasteiger partial charge in [-0.2, -0.15) is 23.4 Å². The number of morpholine rings is 1. The van der Waals surface area contributed by atoms with Crippen molar-refractivity contribution in [3.63, 3.8) is 0 Å². The number of carbonyl (C=O) groups excluding carboxylic acids is 1. The van der Waals surface area contributed by atoms with E-state index in [-0.39, 0.29) is 6.54 Å². The smallest absolute Gasteiger partial charge is 0.359 e. The van der Waals surface area contributed by atoms with Gasteiger partial charge in [-0.05, 0) is 26.8 Å². The molecule has 2 amide bonds. The maximum Gasteiger partial charge on any atom is 0.416 e. The molecule has 122 valence electrons. The largest absolute Gasteiger partial charge is 0.416 e. The van der Waals surface area contributed by atoms with E-state index in [0.29, 0.717) is 11.4 Å². The number of carbonyl (C=O) groups is 1. The van der Waals surface area contributed by atoms with Crippen LogP contribution in [0.5, 0.6) is 0 Å². The molecule has 1 fully saturated rings. The number of rotatable bonds is 1. The van der Waals surface area contributed by atoms with Gasteiger partial charge < -0.3 is 15.0 Å². The SMILES string of the molecule is Cc1nnccc1NC(=O)N1CC(C(F)(F)F)OC(C)(C)C1. The minimum atomic E-state index is -4.52. The molecule has 0 aliphatic carbocycles. The van der Waals surface area contributed by atoms with Gasteiger partial charge in [0, 0.05) is 0 Å². The van der Waals surface area contributed by atoms with Crippen LogP contribution >= 0.6 is 0 Å². The van der Waals surface area contributed by atoms with Crippen molar-refractivity contribution in [1.29, 1.82) is 0 Å². The summed E-state index contributed by atoms with van der Waals surface area (Å²) in [5, 5.41) is 9.97. The first-order chi connectivity index (χ1) is 10.1. The molecular weight excluding hydrogens is 301 g/mol. The van der Waals surface area contributed by atoms with Gasteiger partial charge in [0.2, 0.25) is 0 Å². The van der Waals surface area contributed by atoms with E-state index in [1.165, 1.54) is 26.1 Å². The minimum Gasteiger partial charge on any atom is -0.359 e. The van der Waals surface area contributed by atoms with Crippen LogP contribution in [0, 0.1) is 6.92 Å². The second-order valence-corrected chi connectivity index (χ2v) is 5.75. The Balaban J connectivity index is 2.13. The summed E-state index contributed by atoms with van der Waals surface area (Å²) in [6.07, 6.45) is -5.13. The zero-order valence-electron chi connectivity index (χ0n) is 12.4. The quantitative estimate of drug-likeness (QED) is 0.863. The van der Waals surface area contributed by atoms with Crippen molar-refractivity contribution in [2.75, 3.05) is 18.4 Å². The van der Waals surface area contributed by atoms with Gasteiger partial charge in [-0.15, -0.1) is 0 Å². The van der Waals surface area contributed by atoms with Crippen LogP contribution in [0.3, 0.4) is 0 Å². The average Bonchev–Trinajstić information content (AvgIpc) is 2.38. The first-order valence-electron chi connectivity index (χ1n) is 6.67. The Morgan fingerprint density at radius 2 is 2.18 bits per heavy atom. The number of hydrogen-bond donors (Lipinski definition) is 1. The number of hydrogen-bond acceptors (Lipinski definition) is 4. The van der Waals surface area contributed by atoms with Crippen molar-refractivity contribution in [3.05, 3.63) is 18.0 Å². The first kappa shape index (κ1) is 16.5. The van der Waals surface area contributed by atoms with Gasteiger partial charge in [-0.25, -0.2) is 4.79 Å². The Bertz CT molecular complexity index is 562. The summed E-state index contributed by atoms with van der Waals surface area (Å²) < 4.78 is 43.8. The summed E-state index contributed by atoms with van der Waals surface area (Å²) in [5.74, 6) is 0. The first-order valence-corrected chi connectivity index (χ1v) is 6.67. The summed E-state index contributed by atoms with van der Waals surface area (Å²) in [6, 6.07) is 0.911. The second kappa shape index (κ2) is 5.71. The number of aromatic nitrogens is 2. The van der Waals surface area contributed by atoms with E-state index in [2.05, 4.69) is 15.5 Å². The van der Waals surface area contributed by atoms with Crippen LogP contribution in [0.4, 0.5) is 23.7 Å². The number of aryl methyl sites for hydroxylation is 1. The number of anilines is 1. The van der Waals surface area contributed by atoms with Gasteiger partial charge in [0.05, 0.1) is 36.3 Å². The molecule has 2 rings (SSSR count). The van der Waals surface area contributed by atoms with Crippen LogP contribution in [0.2, 0.25) is 0 Å². The van der Waals surface area contributed by atoms with Crippen LogP contribution in [0.1, 0.15) is 19.5 Å². The predicted molar refractivity (Wildman–Crippen MR) is 72.4 cm³/mol. The zero-order chi connectivity index (χ0) is 16.5. The molecule has 0 spiro atoms. The number of urea groups is 1. The molecule has 1 aromatic rings. The van der Waals surface area contributed by atoms with Gasteiger partial charge in [0.15, 0.2) is 6.10 Å². The summed E-state index contributed by atoms with van der Waals surface area (Å²) in [4.78, 5) is 13.3. The highest BCUT2D eigenvalue weighted by atomic mass is 19.4. The standard InChI is InChI=1S/C13H17F3N4O2/c1-8-9(4-5-17-19-8)18-11(21)20-6-10(13(14,15)16)22-12(2,3)7-20/h4-5,10H,6-7H2,1-3H3,(H,17,18,21). The fourth-order valence-electron chi connectivity index (χ4n) is 2.24. The highest BCUT2D eigenvalue weighted by molar-refractivity contribution is 5.89. The van der Waals surface area contributed by atoms with Gasteiger partial charge in [-0.3, -0.25) is 0 Å². The van der Waals surface area contributed by atoms with Gasteiger partial charge >= 0.3 is 12.2 Å². The lowest BCUT2D eigenvalue weighted by Gasteiger charge is -2.43. The second-order valence-electron chi connectivity index (χ2n) is 5.75. The maximum absolute atomic E-state index is 12.9. The lowest BCUT2D eigenvalue weighted by molar-refractivity contribution is -0.267. The summed E-state index contributed by atoms with van der Waals surface area (Å²) in [6.45, 7) is 4.19. The van der Waals surface area contributed by atoms with Crippen molar-refractivity contribution in [1.82, 2.24) is 15.1 Å². The van der Waals surface area contributed by atoms with Crippen molar-refractivity contribution >= 4 is 11.7 Å². The Morgan fingerprint density at radius 3 is 2.77 bits per heavy atom. The predicted octanol–water partition coefficient (Wildman–Crippen LogP) is 2.36. The van der Waals surface area contributed by atoms with Crippen molar-refractivity contribution in [2.24, 2.45) is 0 Å². The number of alkyl halides is 3. The van der Waals surface area contributed by atoms with E-state index in [0.717, 1.165) is 4.90 Å². The Morgan fingerprint density at radius 1 is 1.50 bits per heavy atom. The summed E-state index contributed by atoms with van der Waals surface area (Å²) in [5.41, 5.74) is -0.190. The fourth-order valence-corrected chi connectivity index (χ4v) is 2.24. The molecule has 0 radical (unpaired) electrons. The van der Waals surface area contributed by atoms with Crippen molar-refractivity contribution in [2.45, 2.75) is 38.7 Å². The van der Waals surface area contributed by atoms with Crippen LogP contribution in [0.25, 0.3) is 0 Å². The molecule has 1 aromatic heterocycles. The van der Waals surface area contributed by atoms with E-state index >= 15 is 0 Å². The van der Waals surface area contributed by atoms with Gasteiger partial charge in [-0.1, -0.05) is 0 Å². The number of ether oxygens (including phenoxy) is 1. The lowest BCUT2D eigenvalue weighted by Crippen LogP contribution is -2.59. The molecule has 1 aliphatic heterocycles. The van der Waals surface area contributed by atoms with Crippen LogP contribution in [-0.2, 0) is 4.74 Å². The van der Waals surface area contributed by atoms with E-state index < -0.39 is 30.5 Å². The molecule has 22 heavy (non-hydrogen) atoms. The molecule has 9 heteroatoms. The van der Waals surface area contributed by atoms with Gasteiger partial charge in [0.1, 0.15) is 0 Å². The normalized spacial score (nSPS) is 21.5. The monoisotopic (exact) mass is 318 g/mol. The molecule has 1 saturated heterocycles. The van der Waals surface area contributed by atoms with Crippen molar-refractivity contribution < 1.29 is 22.7 Å². The zero-order valence-corrected chi connectivity index (χ0v) is 12.4. The molecule has 0 saturated carbocycles. The third-order valence-corrected chi connectivity index (χ3v) is 3.22. The molecule has 1 atom stereocenters. The molecule has 6 nitrogen and oxygen atoms in total. The molecule has 1 unspecified atom stereocenters. The number of amides is 2. The van der Waals surface area contributed by atoms with Gasteiger partial charge in [0.25, 0.3) is 0 Å². The fraction of sp³-hybridized carbons (Fsp3) is 0.615. The minimum absolute atomic E-state index is 0.0585. The van der Waals surface area contributed by atoms with E-state index in [1.807, 2.05) is 0 Å². The molecule has 1 N–H and O–H groups in total. The third-order valence-electron chi connectivity index (χ3n) is 3.22. The highest BCUT2D eigenvalue weighted by Gasteiger charge is 2.49.